The number of fused-ring (bicyclic) bond motifs is 2. The molecule has 0 saturated heterocycles. The van der Waals surface area contributed by atoms with E-state index in [1.54, 1.807) is 13.3 Å². The standard InChI is InChI=1S/C22H19N3O2/c1-13-11-19(16-7-6-15-5-4-10-23-18(15)12-16)25-22-20(27-3)9-8-17(21(13)22)24-14(2)26/h4-12H,1-3H3,(H,24,26). The number of hydrogen-bond acceptors (Lipinski definition) is 4. The summed E-state index contributed by atoms with van der Waals surface area (Å²) in [6.45, 7) is 3.51. The van der Waals surface area contributed by atoms with Crippen LogP contribution in [-0.2, 0) is 4.79 Å². The van der Waals surface area contributed by atoms with E-state index in [-0.39, 0.29) is 5.91 Å². The summed E-state index contributed by atoms with van der Waals surface area (Å²) >= 11 is 0. The first-order valence-corrected chi connectivity index (χ1v) is 8.68. The van der Waals surface area contributed by atoms with E-state index >= 15 is 0 Å². The molecule has 0 aliphatic heterocycles. The van der Waals surface area contributed by atoms with Gasteiger partial charge < -0.3 is 10.1 Å². The number of amides is 1. The third-order valence-corrected chi connectivity index (χ3v) is 4.55. The molecule has 2 aromatic carbocycles. The number of benzene rings is 2. The van der Waals surface area contributed by atoms with Crippen LogP contribution in [-0.4, -0.2) is 23.0 Å². The van der Waals surface area contributed by atoms with Crippen molar-refractivity contribution >= 4 is 33.4 Å². The van der Waals surface area contributed by atoms with E-state index in [0.29, 0.717) is 5.75 Å². The van der Waals surface area contributed by atoms with Crippen molar-refractivity contribution in [3.05, 3.63) is 60.3 Å². The molecule has 0 atom stereocenters. The van der Waals surface area contributed by atoms with Gasteiger partial charge in [-0.3, -0.25) is 9.78 Å². The molecule has 0 unspecified atom stereocenters. The molecule has 0 radical (unpaired) electrons. The number of aryl methyl sites for hydroxylation is 1. The molecule has 5 heteroatoms. The Hall–Kier alpha value is -3.47. The van der Waals surface area contributed by atoms with Gasteiger partial charge in [0.2, 0.25) is 5.91 Å². The van der Waals surface area contributed by atoms with Crippen molar-refractivity contribution in [2.75, 3.05) is 12.4 Å². The summed E-state index contributed by atoms with van der Waals surface area (Å²) in [6.07, 6.45) is 1.79. The normalized spacial score (nSPS) is 10.9. The average Bonchev–Trinajstić information content (AvgIpc) is 2.67. The van der Waals surface area contributed by atoms with Crippen LogP contribution < -0.4 is 10.1 Å². The summed E-state index contributed by atoms with van der Waals surface area (Å²) in [5, 5.41) is 4.85. The van der Waals surface area contributed by atoms with Gasteiger partial charge in [-0.1, -0.05) is 18.2 Å². The zero-order chi connectivity index (χ0) is 19.0. The van der Waals surface area contributed by atoms with Crippen molar-refractivity contribution in [3.63, 3.8) is 0 Å². The molecule has 2 aromatic heterocycles. The second-order valence-corrected chi connectivity index (χ2v) is 6.46. The van der Waals surface area contributed by atoms with Gasteiger partial charge in [0.05, 0.1) is 24.0 Å². The zero-order valence-electron chi connectivity index (χ0n) is 15.4. The Balaban J connectivity index is 1.95. The fourth-order valence-corrected chi connectivity index (χ4v) is 3.34. The minimum absolute atomic E-state index is 0.120. The van der Waals surface area contributed by atoms with Crippen molar-refractivity contribution in [2.24, 2.45) is 0 Å². The summed E-state index contributed by atoms with van der Waals surface area (Å²) < 4.78 is 5.52. The van der Waals surface area contributed by atoms with Crippen LogP contribution in [0.4, 0.5) is 5.69 Å². The van der Waals surface area contributed by atoms with E-state index in [1.807, 2.05) is 55.5 Å². The summed E-state index contributed by atoms with van der Waals surface area (Å²) in [4.78, 5) is 20.8. The third-order valence-electron chi connectivity index (χ3n) is 4.55. The molecule has 0 bridgehead atoms. The molecule has 2 heterocycles. The van der Waals surface area contributed by atoms with Gasteiger partial charge in [-0.2, -0.15) is 0 Å². The van der Waals surface area contributed by atoms with Crippen molar-refractivity contribution in [3.8, 4) is 17.0 Å². The Morgan fingerprint density at radius 2 is 1.96 bits per heavy atom. The third kappa shape index (κ3) is 3.08. The summed E-state index contributed by atoms with van der Waals surface area (Å²) in [5.74, 6) is 0.550. The number of hydrogen-bond donors (Lipinski definition) is 1. The number of nitrogens with one attached hydrogen (secondary N) is 1. The van der Waals surface area contributed by atoms with Gasteiger partial charge in [-0.05, 0) is 42.8 Å². The van der Waals surface area contributed by atoms with Crippen LogP contribution in [0.2, 0.25) is 0 Å². The lowest BCUT2D eigenvalue weighted by Crippen LogP contribution is -2.07. The predicted octanol–water partition coefficient (Wildman–Crippen LogP) is 4.73. The van der Waals surface area contributed by atoms with Crippen molar-refractivity contribution in [2.45, 2.75) is 13.8 Å². The highest BCUT2D eigenvalue weighted by Gasteiger charge is 2.14. The number of anilines is 1. The number of carbonyl (C=O) groups excluding carboxylic acids is 1. The number of rotatable bonds is 3. The van der Waals surface area contributed by atoms with Gasteiger partial charge in [0.1, 0.15) is 11.3 Å². The molecule has 27 heavy (non-hydrogen) atoms. The Bertz CT molecular complexity index is 1180. The van der Waals surface area contributed by atoms with E-state index in [1.165, 1.54) is 6.92 Å². The summed E-state index contributed by atoms with van der Waals surface area (Å²) in [7, 11) is 1.62. The lowest BCUT2D eigenvalue weighted by molar-refractivity contribution is -0.114. The number of nitrogens with zero attached hydrogens (tertiary/aromatic N) is 2. The number of pyridine rings is 2. The topological polar surface area (TPSA) is 64.1 Å². The molecule has 4 aromatic rings. The van der Waals surface area contributed by atoms with E-state index in [9.17, 15) is 4.79 Å². The minimum Gasteiger partial charge on any atom is -0.494 e. The zero-order valence-corrected chi connectivity index (χ0v) is 15.4. The number of aromatic nitrogens is 2. The molecule has 5 nitrogen and oxygen atoms in total. The molecule has 134 valence electrons. The lowest BCUT2D eigenvalue weighted by atomic mass is 10.0. The Morgan fingerprint density at radius 1 is 1.11 bits per heavy atom. The van der Waals surface area contributed by atoms with Crippen LogP contribution >= 0.6 is 0 Å². The predicted molar refractivity (Wildman–Crippen MR) is 108 cm³/mol. The second-order valence-electron chi connectivity index (χ2n) is 6.46. The van der Waals surface area contributed by atoms with Crippen LogP contribution in [0, 0.1) is 6.92 Å². The van der Waals surface area contributed by atoms with E-state index in [0.717, 1.165) is 44.3 Å². The smallest absolute Gasteiger partial charge is 0.221 e. The second kappa shape index (κ2) is 6.68. The van der Waals surface area contributed by atoms with Crippen LogP contribution in [0.25, 0.3) is 33.1 Å². The molecule has 4 rings (SSSR count). The molecule has 1 N–H and O–H groups in total. The maximum atomic E-state index is 11.6. The van der Waals surface area contributed by atoms with Crippen LogP contribution in [0.1, 0.15) is 12.5 Å². The SMILES string of the molecule is COc1ccc(NC(C)=O)c2c(C)cc(-c3ccc4cccnc4c3)nc12. The first-order chi connectivity index (χ1) is 13.1. The number of carbonyl (C=O) groups is 1. The molecule has 0 aliphatic rings. The van der Waals surface area contributed by atoms with Gasteiger partial charge in [0, 0.05) is 29.5 Å². The summed E-state index contributed by atoms with van der Waals surface area (Å²) in [5.41, 5.74) is 5.21. The van der Waals surface area contributed by atoms with Crippen molar-refractivity contribution < 1.29 is 9.53 Å². The Kier molecular flexibility index (Phi) is 4.20. The first-order valence-electron chi connectivity index (χ1n) is 8.68. The average molecular weight is 357 g/mol. The highest BCUT2D eigenvalue weighted by atomic mass is 16.5. The van der Waals surface area contributed by atoms with Crippen LogP contribution in [0.15, 0.2) is 54.7 Å². The highest BCUT2D eigenvalue weighted by molar-refractivity contribution is 6.04. The van der Waals surface area contributed by atoms with Gasteiger partial charge >= 0.3 is 0 Å². The monoisotopic (exact) mass is 357 g/mol. The van der Waals surface area contributed by atoms with Gasteiger partial charge in [-0.15, -0.1) is 0 Å². The maximum absolute atomic E-state index is 11.6. The van der Waals surface area contributed by atoms with Crippen molar-refractivity contribution in [1.29, 1.82) is 0 Å². The van der Waals surface area contributed by atoms with Crippen LogP contribution in [0.3, 0.4) is 0 Å². The van der Waals surface area contributed by atoms with E-state index < -0.39 is 0 Å². The lowest BCUT2D eigenvalue weighted by Gasteiger charge is -2.14. The van der Waals surface area contributed by atoms with Gasteiger partial charge in [0.25, 0.3) is 0 Å². The largest absolute Gasteiger partial charge is 0.494 e. The Labute approximate surface area is 157 Å². The molecule has 0 saturated carbocycles. The molecular formula is C22H19N3O2. The van der Waals surface area contributed by atoms with Gasteiger partial charge in [0.15, 0.2) is 0 Å². The summed E-state index contributed by atoms with van der Waals surface area (Å²) in [6, 6.07) is 15.8. The van der Waals surface area contributed by atoms with E-state index in [2.05, 4.69) is 10.3 Å². The fourth-order valence-electron chi connectivity index (χ4n) is 3.34. The molecule has 1 amide bonds. The van der Waals surface area contributed by atoms with Crippen LogP contribution in [0.5, 0.6) is 5.75 Å². The quantitative estimate of drug-likeness (QED) is 0.576. The minimum atomic E-state index is -0.120. The highest BCUT2D eigenvalue weighted by Crippen LogP contribution is 2.35. The number of ether oxygens (including phenoxy) is 1. The van der Waals surface area contributed by atoms with E-state index in [4.69, 9.17) is 9.72 Å². The first kappa shape index (κ1) is 17.0. The molecule has 0 fully saturated rings. The fraction of sp³-hybridized carbons (Fsp3) is 0.136. The van der Waals surface area contributed by atoms with Crippen molar-refractivity contribution in [1.82, 2.24) is 9.97 Å². The molecule has 0 aliphatic carbocycles. The molecular weight excluding hydrogens is 338 g/mol. The Morgan fingerprint density at radius 3 is 2.74 bits per heavy atom. The number of methoxy groups -OCH3 is 1. The van der Waals surface area contributed by atoms with Gasteiger partial charge in [-0.25, -0.2) is 4.98 Å². The maximum Gasteiger partial charge on any atom is 0.221 e. The molecule has 0 spiro atoms.